The third-order valence-corrected chi connectivity index (χ3v) is 15.0. The normalized spacial score (nSPS) is 12.8. The van der Waals surface area contributed by atoms with E-state index < -0.39 is 28.2 Å². The van der Waals surface area contributed by atoms with Crippen molar-refractivity contribution >= 4 is 39.1 Å². The van der Waals surface area contributed by atoms with Crippen molar-refractivity contribution in [2.24, 2.45) is 0 Å². The first-order valence-corrected chi connectivity index (χ1v) is 18.9. The molecule has 0 spiro atoms. The first kappa shape index (κ1) is 29.8. The highest BCUT2D eigenvalue weighted by atomic mass is 32.2. The molecule has 0 aliphatic heterocycles. The molecule has 0 saturated heterocycles. The Kier molecular flexibility index (Phi) is 8.21. The van der Waals surface area contributed by atoms with Crippen LogP contribution < -0.4 is 0 Å². The summed E-state index contributed by atoms with van der Waals surface area (Å²) in [4.78, 5) is 0.277. The highest BCUT2D eigenvalue weighted by Gasteiger charge is 2.37. The van der Waals surface area contributed by atoms with E-state index in [-0.39, 0.29) is 14.8 Å². The van der Waals surface area contributed by atoms with Gasteiger partial charge in [0.25, 0.3) is 10.0 Å². The fourth-order valence-electron chi connectivity index (χ4n) is 4.07. The molecule has 0 radical (unpaired) electrons. The van der Waals surface area contributed by atoms with Crippen LogP contribution in [0.1, 0.15) is 37.5 Å². The molecule has 4 aromatic rings. The number of aromatic nitrogens is 1. The number of fused-ring (bicyclic) bond motifs is 1. The van der Waals surface area contributed by atoms with Crippen LogP contribution in [-0.2, 0) is 30.7 Å². The largest absolute Gasteiger partial charge is 0.416 e. The molecule has 0 bridgehead atoms. The standard InChI is InChI=1S/C31H35NO5S2Si/c1-24-15-17-28(18-16-24)39(35,36)32-23-26(19-21-37-40(5,6)31(2,3)4)30-25(11-10-14-29(30)32)20-22-38(33,34)27-12-8-7-9-13-27/h7-18,23H,19,21H2,1-6H3. The molecule has 0 atom stereocenters. The zero-order valence-electron chi connectivity index (χ0n) is 23.7. The molecule has 9 heteroatoms. The summed E-state index contributed by atoms with van der Waals surface area (Å²) in [5.74, 6) is 2.83. The van der Waals surface area contributed by atoms with Crippen LogP contribution in [0.15, 0.2) is 88.8 Å². The number of hydrogen-bond donors (Lipinski definition) is 0. The van der Waals surface area contributed by atoms with Crippen LogP contribution in [-0.4, -0.2) is 35.7 Å². The number of sulfone groups is 1. The molecule has 4 rings (SSSR count). The summed E-state index contributed by atoms with van der Waals surface area (Å²) < 4.78 is 61.0. The van der Waals surface area contributed by atoms with Crippen molar-refractivity contribution in [3.8, 4) is 11.2 Å². The van der Waals surface area contributed by atoms with Gasteiger partial charge in [0.05, 0.1) is 15.3 Å². The monoisotopic (exact) mass is 593 g/mol. The van der Waals surface area contributed by atoms with E-state index >= 15 is 0 Å². The lowest BCUT2D eigenvalue weighted by Gasteiger charge is -2.36. The quantitative estimate of drug-likeness (QED) is 0.180. The van der Waals surface area contributed by atoms with Crippen molar-refractivity contribution in [3.63, 3.8) is 0 Å². The summed E-state index contributed by atoms with van der Waals surface area (Å²) in [7, 11) is -9.83. The SMILES string of the molecule is Cc1ccc(S(=O)(=O)n2cc(CCO[Si](C)(C)C(C)(C)C)c3c(C#CS(=O)(=O)c4ccccc4)cccc32)cc1. The molecular formula is C31H35NO5S2Si. The summed E-state index contributed by atoms with van der Waals surface area (Å²) in [6.45, 7) is 13.1. The second kappa shape index (κ2) is 11.0. The first-order chi connectivity index (χ1) is 18.6. The smallest absolute Gasteiger partial charge is 0.268 e. The van der Waals surface area contributed by atoms with Gasteiger partial charge in [-0.2, -0.15) is 0 Å². The van der Waals surface area contributed by atoms with E-state index in [0.717, 1.165) is 11.1 Å². The first-order valence-electron chi connectivity index (χ1n) is 13.1. The fraction of sp³-hybridized carbons (Fsp3) is 0.290. The average molecular weight is 594 g/mol. The van der Waals surface area contributed by atoms with Crippen molar-refractivity contribution in [1.82, 2.24) is 3.97 Å². The van der Waals surface area contributed by atoms with Crippen molar-refractivity contribution < 1.29 is 21.3 Å². The highest BCUT2D eigenvalue weighted by Crippen LogP contribution is 2.37. The van der Waals surface area contributed by atoms with Gasteiger partial charge >= 0.3 is 0 Å². The van der Waals surface area contributed by atoms with Gasteiger partial charge in [0.2, 0.25) is 9.84 Å². The Balaban J connectivity index is 1.85. The number of benzene rings is 3. The van der Waals surface area contributed by atoms with E-state index in [4.69, 9.17) is 4.43 Å². The number of aryl methyl sites for hydroxylation is 1. The minimum absolute atomic E-state index is 0.0260. The molecule has 210 valence electrons. The Labute approximate surface area is 239 Å². The molecular weight excluding hydrogens is 559 g/mol. The highest BCUT2D eigenvalue weighted by molar-refractivity contribution is 7.96. The molecule has 0 unspecified atom stereocenters. The Morgan fingerprint density at radius 3 is 2.12 bits per heavy atom. The predicted octanol–water partition coefficient (Wildman–Crippen LogP) is 6.53. The van der Waals surface area contributed by atoms with Gasteiger partial charge in [-0.05, 0) is 79.4 Å². The zero-order valence-corrected chi connectivity index (χ0v) is 26.4. The third kappa shape index (κ3) is 6.10. The molecule has 0 fully saturated rings. The number of nitrogens with zero attached hydrogens (tertiary/aromatic N) is 1. The lowest BCUT2D eigenvalue weighted by Crippen LogP contribution is -2.41. The zero-order chi connectivity index (χ0) is 29.3. The van der Waals surface area contributed by atoms with Crippen molar-refractivity contribution in [2.75, 3.05) is 6.61 Å². The van der Waals surface area contributed by atoms with Gasteiger partial charge in [0.1, 0.15) is 0 Å². The fourth-order valence-corrected chi connectivity index (χ4v) is 7.37. The average Bonchev–Trinajstić information content (AvgIpc) is 3.27. The van der Waals surface area contributed by atoms with Crippen LogP contribution in [0.3, 0.4) is 0 Å². The van der Waals surface area contributed by atoms with Crippen LogP contribution >= 0.6 is 0 Å². The van der Waals surface area contributed by atoms with Gasteiger partial charge in [0.15, 0.2) is 8.32 Å². The second-order valence-corrected chi connectivity index (χ2v) is 19.7. The van der Waals surface area contributed by atoms with Crippen LogP contribution in [0.25, 0.3) is 10.9 Å². The van der Waals surface area contributed by atoms with Crippen LogP contribution in [0.2, 0.25) is 18.1 Å². The maximum absolute atomic E-state index is 13.8. The second-order valence-electron chi connectivity index (χ2n) is 11.4. The lowest BCUT2D eigenvalue weighted by atomic mass is 10.1. The van der Waals surface area contributed by atoms with Gasteiger partial charge in [-0.15, -0.1) is 0 Å². The van der Waals surface area contributed by atoms with Crippen molar-refractivity contribution in [1.29, 1.82) is 0 Å². The van der Waals surface area contributed by atoms with Crippen molar-refractivity contribution in [3.05, 3.63) is 95.7 Å². The minimum Gasteiger partial charge on any atom is -0.416 e. The van der Waals surface area contributed by atoms with Gasteiger partial charge < -0.3 is 4.43 Å². The summed E-state index contributed by atoms with van der Waals surface area (Å²) in [5, 5.41) is 3.07. The summed E-state index contributed by atoms with van der Waals surface area (Å²) >= 11 is 0. The molecule has 0 saturated carbocycles. The Hall–Kier alpha value is -3.16. The Morgan fingerprint density at radius 2 is 1.50 bits per heavy atom. The molecule has 3 aromatic carbocycles. The molecule has 1 heterocycles. The molecule has 0 aliphatic rings. The molecule has 40 heavy (non-hydrogen) atoms. The van der Waals surface area contributed by atoms with E-state index in [1.165, 1.54) is 16.1 Å². The molecule has 0 aliphatic carbocycles. The Bertz CT molecular complexity index is 1810. The number of hydrogen-bond acceptors (Lipinski definition) is 5. The minimum atomic E-state index is -3.92. The van der Waals surface area contributed by atoms with Crippen molar-refractivity contribution in [2.45, 2.75) is 62.0 Å². The van der Waals surface area contributed by atoms with Gasteiger partial charge in [0, 0.05) is 29.0 Å². The van der Waals surface area contributed by atoms with E-state index in [9.17, 15) is 16.8 Å². The maximum atomic E-state index is 13.8. The van der Waals surface area contributed by atoms with E-state index in [2.05, 4.69) is 45.0 Å². The van der Waals surface area contributed by atoms with Crippen LogP contribution in [0.4, 0.5) is 0 Å². The molecule has 0 amide bonds. The summed E-state index contributed by atoms with van der Waals surface area (Å²) in [6, 6.07) is 19.9. The van der Waals surface area contributed by atoms with E-state index in [0.29, 0.717) is 29.5 Å². The van der Waals surface area contributed by atoms with Gasteiger partial charge in [-0.1, -0.05) is 62.7 Å². The summed E-state index contributed by atoms with van der Waals surface area (Å²) in [6.07, 6.45) is 2.06. The van der Waals surface area contributed by atoms with Crippen LogP contribution in [0, 0.1) is 18.1 Å². The third-order valence-electron chi connectivity index (χ3n) is 7.47. The topological polar surface area (TPSA) is 82.4 Å². The predicted molar refractivity (Wildman–Crippen MR) is 163 cm³/mol. The molecule has 1 aromatic heterocycles. The van der Waals surface area contributed by atoms with Gasteiger partial charge in [-0.25, -0.2) is 20.8 Å². The van der Waals surface area contributed by atoms with E-state index in [1.807, 2.05) is 6.92 Å². The van der Waals surface area contributed by atoms with Crippen LogP contribution in [0.5, 0.6) is 0 Å². The number of rotatable bonds is 7. The Morgan fingerprint density at radius 1 is 0.850 bits per heavy atom. The summed E-state index contributed by atoms with van der Waals surface area (Å²) in [5.41, 5.74) is 2.56. The van der Waals surface area contributed by atoms with E-state index in [1.54, 1.807) is 66.9 Å². The maximum Gasteiger partial charge on any atom is 0.268 e. The molecule has 0 N–H and O–H groups in total. The molecule has 6 nitrogen and oxygen atoms in total. The lowest BCUT2D eigenvalue weighted by molar-refractivity contribution is 0.292. The van der Waals surface area contributed by atoms with Gasteiger partial charge in [-0.3, -0.25) is 0 Å².